The summed E-state index contributed by atoms with van der Waals surface area (Å²) in [4.78, 5) is 29.4. The molecule has 6 heteroatoms. The van der Waals surface area contributed by atoms with Crippen LogP contribution in [-0.4, -0.2) is 23.0 Å². The predicted octanol–water partition coefficient (Wildman–Crippen LogP) is 3.69. The van der Waals surface area contributed by atoms with Gasteiger partial charge in [-0.25, -0.2) is 4.79 Å². The Morgan fingerprint density at radius 3 is 2.14 bits per heavy atom. The summed E-state index contributed by atoms with van der Waals surface area (Å²) >= 11 is 0. The molecule has 0 aliphatic rings. The average Bonchev–Trinajstić information content (AvgIpc) is 2.75. The van der Waals surface area contributed by atoms with Crippen LogP contribution in [0.1, 0.15) is 24.1 Å². The van der Waals surface area contributed by atoms with E-state index in [0.29, 0.717) is 12.1 Å². The SMILES string of the molecule is C[C@@H](NC(=O)NC(Cc1ccccc1)C(=O)Nc1ccncc1)c1ccccc1. The van der Waals surface area contributed by atoms with Crippen molar-refractivity contribution in [2.75, 3.05) is 5.32 Å². The van der Waals surface area contributed by atoms with Crippen LogP contribution in [0.3, 0.4) is 0 Å². The average molecular weight is 388 g/mol. The zero-order valence-electron chi connectivity index (χ0n) is 16.2. The number of hydrogen-bond donors (Lipinski definition) is 3. The summed E-state index contributed by atoms with van der Waals surface area (Å²) in [6.45, 7) is 1.90. The molecule has 2 aromatic carbocycles. The Morgan fingerprint density at radius 2 is 1.48 bits per heavy atom. The van der Waals surface area contributed by atoms with Crippen molar-refractivity contribution in [2.45, 2.75) is 25.4 Å². The predicted molar refractivity (Wildman–Crippen MR) is 113 cm³/mol. The van der Waals surface area contributed by atoms with Crippen molar-refractivity contribution in [1.29, 1.82) is 0 Å². The molecule has 3 rings (SSSR count). The highest BCUT2D eigenvalue weighted by Crippen LogP contribution is 2.12. The number of nitrogens with zero attached hydrogens (tertiary/aromatic N) is 1. The molecule has 0 spiro atoms. The minimum absolute atomic E-state index is 0.183. The van der Waals surface area contributed by atoms with Crippen molar-refractivity contribution < 1.29 is 9.59 Å². The highest BCUT2D eigenvalue weighted by molar-refractivity contribution is 5.97. The van der Waals surface area contributed by atoms with Crippen molar-refractivity contribution in [3.05, 3.63) is 96.3 Å². The van der Waals surface area contributed by atoms with Crippen LogP contribution in [0.5, 0.6) is 0 Å². The monoisotopic (exact) mass is 388 g/mol. The van der Waals surface area contributed by atoms with Crippen LogP contribution in [0.15, 0.2) is 85.2 Å². The van der Waals surface area contributed by atoms with E-state index in [-0.39, 0.29) is 11.9 Å². The molecule has 148 valence electrons. The fourth-order valence-corrected chi connectivity index (χ4v) is 2.95. The maximum absolute atomic E-state index is 12.8. The van der Waals surface area contributed by atoms with Gasteiger partial charge in [0.25, 0.3) is 0 Å². The molecule has 0 saturated heterocycles. The molecule has 0 aliphatic carbocycles. The van der Waals surface area contributed by atoms with Gasteiger partial charge in [0.1, 0.15) is 6.04 Å². The van der Waals surface area contributed by atoms with Gasteiger partial charge in [0, 0.05) is 24.5 Å². The van der Waals surface area contributed by atoms with Gasteiger partial charge in [-0.05, 0) is 30.2 Å². The number of carbonyl (C=O) groups excluding carboxylic acids is 2. The lowest BCUT2D eigenvalue weighted by Gasteiger charge is -2.21. The maximum atomic E-state index is 12.8. The van der Waals surface area contributed by atoms with Crippen molar-refractivity contribution >= 4 is 17.6 Å². The van der Waals surface area contributed by atoms with E-state index < -0.39 is 12.1 Å². The van der Waals surface area contributed by atoms with Gasteiger partial charge in [-0.1, -0.05) is 60.7 Å². The maximum Gasteiger partial charge on any atom is 0.315 e. The number of benzene rings is 2. The van der Waals surface area contributed by atoms with Gasteiger partial charge >= 0.3 is 6.03 Å². The number of hydrogen-bond acceptors (Lipinski definition) is 3. The smallest absolute Gasteiger partial charge is 0.315 e. The first kappa shape index (κ1) is 20.1. The number of aromatic nitrogens is 1. The summed E-state index contributed by atoms with van der Waals surface area (Å²) in [6, 6.07) is 21.4. The molecule has 3 N–H and O–H groups in total. The molecule has 0 bridgehead atoms. The Kier molecular flexibility index (Phi) is 6.95. The number of nitrogens with one attached hydrogen (secondary N) is 3. The molecule has 1 aromatic heterocycles. The summed E-state index contributed by atoms with van der Waals surface area (Å²) in [5.74, 6) is -0.289. The molecule has 2 atom stereocenters. The largest absolute Gasteiger partial charge is 0.332 e. The first-order chi connectivity index (χ1) is 14.1. The van der Waals surface area contributed by atoms with E-state index in [4.69, 9.17) is 0 Å². The minimum Gasteiger partial charge on any atom is -0.332 e. The Bertz CT molecular complexity index is 917. The molecule has 1 heterocycles. The second kappa shape index (κ2) is 10.0. The molecule has 0 radical (unpaired) electrons. The third-order valence-electron chi connectivity index (χ3n) is 4.50. The number of anilines is 1. The molecule has 6 nitrogen and oxygen atoms in total. The number of carbonyl (C=O) groups is 2. The molecule has 0 fully saturated rings. The highest BCUT2D eigenvalue weighted by Gasteiger charge is 2.22. The first-order valence-corrected chi connectivity index (χ1v) is 9.48. The van der Waals surface area contributed by atoms with Crippen LogP contribution in [-0.2, 0) is 11.2 Å². The molecule has 1 unspecified atom stereocenters. The zero-order chi connectivity index (χ0) is 20.5. The van der Waals surface area contributed by atoms with Gasteiger partial charge in [-0.15, -0.1) is 0 Å². The van der Waals surface area contributed by atoms with Crippen LogP contribution in [0, 0.1) is 0 Å². The molecular formula is C23H24N4O2. The fourth-order valence-electron chi connectivity index (χ4n) is 2.95. The van der Waals surface area contributed by atoms with Gasteiger partial charge in [-0.3, -0.25) is 9.78 Å². The van der Waals surface area contributed by atoms with E-state index in [1.165, 1.54) is 0 Å². The van der Waals surface area contributed by atoms with Crippen LogP contribution in [0.4, 0.5) is 10.5 Å². The van der Waals surface area contributed by atoms with Gasteiger partial charge in [0.05, 0.1) is 6.04 Å². The number of pyridine rings is 1. The Hall–Kier alpha value is -3.67. The van der Waals surface area contributed by atoms with Gasteiger partial charge in [0.2, 0.25) is 5.91 Å². The molecule has 3 aromatic rings. The summed E-state index contributed by atoms with van der Waals surface area (Å²) in [5.41, 5.74) is 2.57. The van der Waals surface area contributed by atoms with Crippen molar-refractivity contribution in [1.82, 2.24) is 15.6 Å². The number of urea groups is 1. The summed E-state index contributed by atoms with van der Waals surface area (Å²) in [5, 5.41) is 8.53. The normalized spacial score (nSPS) is 12.4. The number of rotatable bonds is 7. The lowest BCUT2D eigenvalue weighted by molar-refractivity contribution is -0.117. The molecular weight excluding hydrogens is 364 g/mol. The molecule has 0 saturated carbocycles. The fraction of sp³-hybridized carbons (Fsp3) is 0.174. The second-order valence-corrected chi connectivity index (χ2v) is 6.72. The van der Waals surface area contributed by atoms with E-state index >= 15 is 0 Å². The second-order valence-electron chi connectivity index (χ2n) is 6.72. The molecule has 29 heavy (non-hydrogen) atoms. The Balaban J connectivity index is 1.68. The van der Waals surface area contributed by atoms with E-state index in [2.05, 4.69) is 20.9 Å². The minimum atomic E-state index is -0.728. The van der Waals surface area contributed by atoms with E-state index in [1.54, 1.807) is 24.5 Å². The number of amides is 3. The Labute approximate surface area is 170 Å². The van der Waals surface area contributed by atoms with E-state index in [9.17, 15) is 9.59 Å². The van der Waals surface area contributed by atoms with Crippen molar-refractivity contribution in [3.8, 4) is 0 Å². The van der Waals surface area contributed by atoms with Crippen molar-refractivity contribution in [3.63, 3.8) is 0 Å². The van der Waals surface area contributed by atoms with E-state index in [0.717, 1.165) is 11.1 Å². The quantitative estimate of drug-likeness (QED) is 0.577. The lowest BCUT2D eigenvalue weighted by atomic mass is 10.1. The van der Waals surface area contributed by atoms with Crippen LogP contribution >= 0.6 is 0 Å². The summed E-state index contributed by atoms with van der Waals surface area (Å²) in [6.07, 6.45) is 3.58. The lowest BCUT2D eigenvalue weighted by Crippen LogP contribution is -2.49. The van der Waals surface area contributed by atoms with Crippen LogP contribution < -0.4 is 16.0 Å². The first-order valence-electron chi connectivity index (χ1n) is 9.48. The highest BCUT2D eigenvalue weighted by atomic mass is 16.2. The zero-order valence-corrected chi connectivity index (χ0v) is 16.2. The van der Waals surface area contributed by atoms with Crippen LogP contribution in [0.25, 0.3) is 0 Å². The van der Waals surface area contributed by atoms with Gasteiger partial charge < -0.3 is 16.0 Å². The Morgan fingerprint density at radius 1 is 0.862 bits per heavy atom. The topological polar surface area (TPSA) is 83.1 Å². The van der Waals surface area contributed by atoms with Gasteiger partial charge in [0.15, 0.2) is 0 Å². The van der Waals surface area contributed by atoms with Crippen LogP contribution in [0.2, 0.25) is 0 Å². The van der Waals surface area contributed by atoms with Crippen molar-refractivity contribution in [2.24, 2.45) is 0 Å². The summed E-state index contributed by atoms with van der Waals surface area (Å²) in [7, 11) is 0. The third-order valence-corrected chi connectivity index (χ3v) is 4.50. The molecule has 0 aliphatic heterocycles. The van der Waals surface area contributed by atoms with E-state index in [1.807, 2.05) is 67.6 Å². The standard InChI is InChI=1S/C23H24N4O2/c1-17(19-10-6-3-7-11-19)25-23(29)27-21(16-18-8-4-2-5-9-18)22(28)26-20-12-14-24-15-13-20/h2-15,17,21H,16H2,1H3,(H,24,26,28)(H2,25,27,29)/t17-,21?/m1/s1. The third kappa shape index (κ3) is 6.17. The summed E-state index contributed by atoms with van der Waals surface area (Å²) < 4.78 is 0. The van der Waals surface area contributed by atoms with Gasteiger partial charge in [-0.2, -0.15) is 0 Å². The molecule has 3 amide bonds.